The first-order valence-corrected chi connectivity index (χ1v) is 9.16. The van der Waals surface area contributed by atoms with Gasteiger partial charge in [-0.3, -0.25) is 4.79 Å². The van der Waals surface area contributed by atoms with E-state index in [1.807, 2.05) is 45.9 Å². The Morgan fingerprint density at radius 2 is 1.72 bits per heavy atom. The number of benzene rings is 3. The molecule has 130 valence electrons. The number of hydrogen-bond acceptors (Lipinski definition) is 3. The molecule has 3 aromatic carbocycles. The van der Waals surface area contributed by atoms with Gasteiger partial charge in [-0.25, -0.2) is 0 Å². The number of esters is 1. The summed E-state index contributed by atoms with van der Waals surface area (Å²) in [5, 5.41) is 4.65. The molecule has 2 nitrogen and oxygen atoms in total. The molecule has 0 N–H and O–H groups in total. The van der Waals surface area contributed by atoms with Crippen molar-refractivity contribution in [3.8, 4) is 0 Å². The molecule has 1 unspecified atom stereocenters. The Bertz CT molecular complexity index is 943. The second kappa shape index (κ2) is 6.72. The van der Waals surface area contributed by atoms with Crippen LogP contribution >= 0.6 is 12.6 Å². The van der Waals surface area contributed by atoms with Crippen LogP contribution in [-0.2, 0) is 15.1 Å². The van der Waals surface area contributed by atoms with E-state index in [4.69, 9.17) is 17.4 Å². The fourth-order valence-electron chi connectivity index (χ4n) is 3.13. The summed E-state index contributed by atoms with van der Waals surface area (Å²) in [5.41, 5.74) is 0.201. The van der Waals surface area contributed by atoms with E-state index in [0.717, 1.165) is 27.7 Å². The highest BCUT2D eigenvalue weighted by Gasteiger charge is 2.29. The summed E-state index contributed by atoms with van der Waals surface area (Å²) >= 11 is 4.79. The molecule has 0 fully saturated rings. The molecule has 0 saturated heterocycles. The van der Waals surface area contributed by atoms with Crippen LogP contribution in [0.2, 0.25) is 0 Å². The number of rotatable bonds is 4. The lowest BCUT2D eigenvalue weighted by molar-refractivity contribution is -0.162. The SMILES string of the molecule is CCC(C)C(=O)OC(C)(C)c1ccc2c(ccc3ccccc32)c1S. The van der Waals surface area contributed by atoms with Crippen LogP contribution in [0.25, 0.3) is 21.5 Å². The standard InChI is InChI=1S/C22H24O2S/c1-5-14(2)21(23)24-22(3,4)19-13-12-17-16-9-7-6-8-15(16)10-11-18(17)20(19)25/h6-14,25H,5H2,1-4H3. The third kappa shape index (κ3) is 3.25. The molecule has 1 atom stereocenters. The maximum Gasteiger partial charge on any atom is 0.309 e. The van der Waals surface area contributed by atoms with E-state index >= 15 is 0 Å². The lowest BCUT2D eigenvalue weighted by Gasteiger charge is -2.29. The van der Waals surface area contributed by atoms with Gasteiger partial charge in [0.05, 0.1) is 5.92 Å². The van der Waals surface area contributed by atoms with Gasteiger partial charge in [0.15, 0.2) is 0 Å². The number of carbonyl (C=O) groups is 1. The van der Waals surface area contributed by atoms with Crippen molar-refractivity contribution in [2.45, 2.75) is 44.6 Å². The molecule has 0 bridgehead atoms. The normalized spacial score (nSPS) is 13.2. The molecule has 0 radical (unpaired) electrons. The molecule has 0 heterocycles. The number of hydrogen-bond donors (Lipinski definition) is 1. The molecule has 0 amide bonds. The van der Waals surface area contributed by atoms with Gasteiger partial charge in [-0.15, -0.1) is 12.6 Å². The van der Waals surface area contributed by atoms with Gasteiger partial charge in [-0.05, 0) is 41.8 Å². The van der Waals surface area contributed by atoms with Gasteiger partial charge in [0.1, 0.15) is 5.60 Å². The smallest absolute Gasteiger partial charge is 0.309 e. The van der Waals surface area contributed by atoms with E-state index in [1.54, 1.807) is 0 Å². The minimum absolute atomic E-state index is 0.105. The zero-order valence-corrected chi connectivity index (χ0v) is 16.1. The van der Waals surface area contributed by atoms with E-state index in [2.05, 4.69) is 30.3 Å². The Morgan fingerprint density at radius 1 is 1.04 bits per heavy atom. The minimum atomic E-state index is -0.725. The topological polar surface area (TPSA) is 26.3 Å². The first-order chi connectivity index (χ1) is 11.8. The number of thiol groups is 1. The average Bonchev–Trinajstić information content (AvgIpc) is 2.60. The summed E-state index contributed by atoms with van der Waals surface area (Å²) in [6.45, 7) is 7.74. The molecule has 3 rings (SSSR count). The summed E-state index contributed by atoms with van der Waals surface area (Å²) in [6.07, 6.45) is 0.770. The highest BCUT2D eigenvalue weighted by molar-refractivity contribution is 7.80. The Kier molecular flexibility index (Phi) is 4.79. The summed E-state index contributed by atoms with van der Waals surface area (Å²) < 4.78 is 5.81. The van der Waals surface area contributed by atoms with Crippen LogP contribution in [0.15, 0.2) is 53.4 Å². The minimum Gasteiger partial charge on any atom is -0.455 e. The Balaban J connectivity index is 2.10. The third-order valence-corrected chi connectivity index (χ3v) is 5.40. The van der Waals surface area contributed by atoms with E-state index < -0.39 is 5.60 Å². The van der Waals surface area contributed by atoms with E-state index in [9.17, 15) is 4.79 Å². The third-order valence-electron chi connectivity index (χ3n) is 4.92. The summed E-state index contributed by atoms with van der Waals surface area (Å²) in [5.74, 6) is -0.272. The predicted molar refractivity (Wildman–Crippen MR) is 107 cm³/mol. The molecule has 0 aliphatic rings. The second-order valence-electron chi connectivity index (χ2n) is 7.08. The molecule has 0 spiro atoms. The number of ether oxygens (including phenoxy) is 1. The molecular formula is C22H24O2S. The predicted octanol–water partition coefficient (Wildman–Crippen LogP) is 6.11. The number of carbonyl (C=O) groups excluding carboxylic acids is 1. The van der Waals surface area contributed by atoms with Gasteiger partial charge in [0.25, 0.3) is 0 Å². The van der Waals surface area contributed by atoms with E-state index in [-0.39, 0.29) is 11.9 Å². The van der Waals surface area contributed by atoms with Crippen molar-refractivity contribution >= 4 is 40.1 Å². The first-order valence-electron chi connectivity index (χ1n) is 8.72. The highest BCUT2D eigenvalue weighted by atomic mass is 32.1. The molecule has 0 aromatic heterocycles. The van der Waals surface area contributed by atoms with Gasteiger partial charge in [-0.1, -0.05) is 62.4 Å². The molecule has 0 aliphatic heterocycles. The molecule has 0 aliphatic carbocycles. The Morgan fingerprint density at radius 3 is 2.44 bits per heavy atom. The lowest BCUT2D eigenvalue weighted by atomic mass is 9.92. The van der Waals surface area contributed by atoms with Crippen LogP contribution in [0.1, 0.15) is 39.7 Å². The fraction of sp³-hybridized carbons (Fsp3) is 0.318. The summed E-state index contributed by atoms with van der Waals surface area (Å²) in [4.78, 5) is 13.1. The number of fused-ring (bicyclic) bond motifs is 3. The van der Waals surface area contributed by atoms with Crippen molar-refractivity contribution in [1.82, 2.24) is 0 Å². The fourth-order valence-corrected chi connectivity index (χ4v) is 3.67. The van der Waals surface area contributed by atoms with Crippen molar-refractivity contribution < 1.29 is 9.53 Å². The van der Waals surface area contributed by atoms with Crippen molar-refractivity contribution in [2.24, 2.45) is 5.92 Å². The van der Waals surface area contributed by atoms with E-state index in [1.165, 1.54) is 10.8 Å². The maximum absolute atomic E-state index is 12.3. The van der Waals surface area contributed by atoms with Crippen LogP contribution in [-0.4, -0.2) is 5.97 Å². The van der Waals surface area contributed by atoms with Crippen molar-refractivity contribution in [2.75, 3.05) is 0 Å². The molecule has 3 aromatic rings. The van der Waals surface area contributed by atoms with E-state index in [0.29, 0.717) is 0 Å². The molecule has 3 heteroatoms. The van der Waals surface area contributed by atoms with Gasteiger partial charge >= 0.3 is 5.97 Å². The van der Waals surface area contributed by atoms with Crippen LogP contribution in [0, 0.1) is 5.92 Å². The molecular weight excluding hydrogens is 328 g/mol. The zero-order valence-electron chi connectivity index (χ0n) is 15.2. The largest absolute Gasteiger partial charge is 0.455 e. The van der Waals surface area contributed by atoms with Crippen molar-refractivity contribution in [1.29, 1.82) is 0 Å². The van der Waals surface area contributed by atoms with Crippen molar-refractivity contribution in [3.63, 3.8) is 0 Å². The maximum atomic E-state index is 12.3. The monoisotopic (exact) mass is 352 g/mol. The van der Waals surface area contributed by atoms with Crippen molar-refractivity contribution in [3.05, 3.63) is 54.1 Å². The van der Waals surface area contributed by atoms with Crippen LogP contribution in [0.4, 0.5) is 0 Å². The molecule has 0 saturated carbocycles. The highest BCUT2D eigenvalue weighted by Crippen LogP contribution is 2.37. The first kappa shape index (κ1) is 17.8. The summed E-state index contributed by atoms with van der Waals surface area (Å²) in [7, 11) is 0. The van der Waals surface area contributed by atoms with Crippen LogP contribution < -0.4 is 0 Å². The summed E-state index contributed by atoms with van der Waals surface area (Å²) in [6, 6.07) is 16.7. The van der Waals surface area contributed by atoms with Gasteiger partial charge in [0.2, 0.25) is 0 Å². The quantitative estimate of drug-likeness (QED) is 0.348. The Hall–Kier alpha value is -2.00. The Labute approximate surface area is 154 Å². The average molecular weight is 352 g/mol. The van der Waals surface area contributed by atoms with Gasteiger partial charge < -0.3 is 4.74 Å². The van der Waals surface area contributed by atoms with Crippen LogP contribution in [0.3, 0.4) is 0 Å². The molecule has 25 heavy (non-hydrogen) atoms. The van der Waals surface area contributed by atoms with Gasteiger partial charge in [0, 0.05) is 10.5 Å². The van der Waals surface area contributed by atoms with Gasteiger partial charge in [-0.2, -0.15) is 0 Å². The zero-order chi connectivity index (χ0) is 18.2. The van der Waals surface area contributed by atoms with Crippen LogP contribution in [0.5, 0.6) is 0 Å². The lowest BCUT2D eigenvalue weighted by Crippen LogP contribution is -2.29. The second-order valence-corrected chi connectivity index (χ2v) is 7.53.